The first kappa shape index (κ1) is 15.0. The van der Waals surface area contributed by atoms with Gasteiger partial charge in [0, 0.05) is 0 Å². The number of hydrogen-bond acceptors (Lipinski definition) is 2. The molecule has 16 heavy (non-hydrogen) atoms. The van der Waals surface area contributed by atoms with Gasteiger partial charge >= 0.3 is 0 Å². The highest BCUT2D eigenvalue weighted by Gasteiger charge is 2.01. The van der Waals surface area contributed by atoms with Crippen LogP contribution < -0.4 is 16.2 Å². The van der Waals surface area contributed by atoms with Crippen molar-refractivity contribution in [2.24, 2.45) is 16.5 Å². The van der Waals surface area contributed by atoms with E-state index in [0.29, 0.717) is 13.2 Å². The predicted octanol–water partition coefficient (Wildman–Crippen LogP) is 1.57. The second-order valence-corrected chi connectivity index (χ2v) is 3.38. The third-order valence-electron chi connectivity index (χ3n) is 2.04. The molecule has 0 aliphatic heterocycles. The Morgan fingerprint density at radius 1 is 1.25 bits per heavy atom. The molecular weight excluding hydrogens is 317 g/mol. The summed E-state index contributed by atoms with van der Waals surface area (Å²) in [6.07, 6.45) is 0. The van der Waals surface area contributed by atoms with E-state index < -0.39 is 0 Å². The van der Waals surface area contributed by atoms with E-state index in [-0.39, 0.29) is 29.9 Å². The van der Waals surface area contributed by atoms with Gasteiger partial charge in [0.15, 0.2) is 5.96 Å². The molecule has 0 unspecified atom stereocenters. The molecule has 1 aromatic rings. The monoisotopic (exact) mass is 335 g/mol. The molecule has 0 spiro atoms. The van der Waals surface area contributed by atoms with E-state index in [1.165, 1.54) is 0 Å². The highest BCUT2D eigenvalue weighted by molar-refractivity contribution is 14.0. The highest BCUT2D eigenvalue weighted by Crippen LogP contribution is 2.21. The second-order valence-electron chi connectivity index (χ2n) is 3.38. The van der Waals surface area contributed by atoms with Crippen LogP contribution in [0.25, 0.3) is 0 Å². The number of hydrogen-bond donors (Lipinski definition) is 2. The van der Waals surface area contributed by atoms with Crippen molar-refractivity contribution in [3.05, 3.63) is 29.3 Å². The summed E-state index contributed by atoms with van der Waals surface area (Å²) >= 11 is 0. The van der Waals surface area contributed by atoms with Gasteiger partial charge in [-0.05, 0) is 25.0 Å². The van der Waals surface area contributed by atoms with Crippen molar-refractivity contribution in [3.8, 4) is 5.75 Å². The van der Waals surface area contributed by atoms with E-state index in [2.05, 4.69) is 4.99 Å². The number of nitrogens with zero attached hydrogens (tertiary/aromatic N) is 1. The normalized spacial score (nSPS) is 9.12. The largest absolute Gasteiger partial charge is 0.491 e. The Hall–Kier alpha value is -0.980. The van der Waals surface area contributed by atoms with Crippen LogP contribution in [0.2, 0.25) is 0 Å². The Morgan fingerprint density at radius 3 is 2.31 bits per heavy atom. The Balaban J connectivity index is 0.00000225. The molecule has 0 bridgehead atoms. The molecule has 1 rings (SSSR count). The summed E-state index contributed by atoms with van der Waals surface area (Å²) in [7, 11) is 0. The molecule has 1 aromatic carbocycles. The van der Waals surface area contributed by atoms with Crippen molar-refractivity contribution < 1.29 is 4.74 Å². The lowest BCUT2D eigenvalue weighted by molar-refractivity contribution is 0.324. The molecule has 0 atom stereocenters. The quantitative estimate of drug-likeness (QED) is 0.380. The lowest BCUT2D eigenvalue weighted by Gasteiger charge is -2.10. The zero-order valence-electron chi connectivity index (χ0n) is 9.56. The number of ether oxygens (including phenoxy) is 1. The summed E-state index contributed by atoms with van der Waals surface area (Å²) < 4.78 is 5.60. The smallest absolute Gasteiger partial charge is 0.186 e. The molecule has 0 amide bonds. The fourth-order valence-electron chi connectivity index (χ4n) is 1.35. The van der Waals surface area contributed by atoms with Gasteiger partial charge in [0.2, 0.25) is 0 Å². The van der Waals surface area contributed by atoms with E-state index in [4.69, 9.17) is 16.2 Å². The van der Waals surface area contributed by atoms with Crippen molar-refractivity contribution in [3.63, 3.8) is 0 Å². The van der Waals surface area contributed by atoms with E-state index >= 15 is 0 Å². The first-order valence-corrected chi connectivity index (χ1v) is 4.85. The van der Waals surface area contributed by atoms with Gasteiger partial charge in [-0.1, -0.05) is 18.2 Å². The summed E-state index contributed by atoms with van der Waals surface area (Å²) in [5.74, 6) is 1.02. The number of rotatable bonds is 4. The predicted molar refractivity (Wildman–Crippen MR) is 77.5 cm³/mol. The summed E-state index contributed by atoms with van der Waals surface area (Å²) in [4.78, 5) is 3.85. The van der Waals surface area contributed by atoms with E-state index in [1.54, 1.807) is 0 Å². The third kappa shape index (κ3) is 4.69. The van der Waals surface area contributed by atoms with Gasteiger partial charge in [0.05, 0.1) is 6.54 Å². The van der Waals surface area contributed by atoms with Crippen LogP contribution in [-0.2, 0) is 0 Å². The Bertz CT molecular complexity index is 342. The van der Waals surface area contributed by atoms with E-state index in [0.717, 1.165) is 16.9 Å². The minimum Gasteiger partial charge on any atom is -0.491 e. The molecule has 0 fully saturated rings. The maximum Gasteiger partial charge on any atom is 0.186 e. The fraction of sp³-hybridized carbons (Fsp3) is 0.364. The number of para-hydroxylation sites is 1. The van der Waals surface area contributed by atoms with Crippen LogP contribution in [0.4, 0.5) is 0 Å². The summed E-state index contributed by atoms with van der Waals surface area (Å²) in [5.41, 5.74) is 12.7. The minimum absolute atomic E-state index is 0. The summed E-state index contributed by atoms with van der Waals surface area (Å²) in [6.45, 7) is 5.01. The van der Waals surface area contributed by atoms with E-state index in [9.17, 15) is 0 Å². The molecule has 0 radical (unpaired) electrons. The number of aryl methyl sites for hydroxylation is 2. The minimum atomic E-state index is 0. The number of guanidine groups is 1. The van der Waals surface area contributed by atoms with Crippen LogP contribution >= 0.6 is 24.0 Å². The lowest BCUT2D eigenvalue weighted by atomic mass is 10.1. The molecule has 0 aliphatic carbocycles. The Labute approximate surface area is 113 Å². The average molecular weight is 335 g/mol. The summed E-state index contributed by atoms with van der Waals surface area (Å²) in [5, 5.41) is 0. The number of aliphatic imine (C=N–C) groups is 1. The second kappa shape index (κ2) is 7.32. The van der Waals surface area contributed by atoms with Crippen molar-refractivity contribution in [2.45, 2.75) is 13.8 Å². The Kier molecular flexibility index (Phi) is 6.87. The maximum atomic E-state index is 5.60. The zero-order chi connectivity index (χ0) is 11.3. The molecule has 4 nitrogen and oxygen atoms in total. The van der Waals surface area contributed by atoms with Crippen molar-refractivity contribution in [1.82, 2.24) is 0 Å². The van der Waals surface area contributed by atoms with E-state index in [1.807, 2.05) is 32.0 Å². The van der Waals surface area contributed by atoms with Gasteiger partial charge in [0.25, 0.3) is 0 Å². The van der Waals surface area contributed by atoms with Crippen molar-refractivity contribution in [1.29, 1.82) is 0 Å². The maximum absolute atomic E-state index is 5.60. The first-order chi connectivity index (χ1) is 7.11. The van der Waals surface area contributed by atoms with Gasteiger partial charge in [-0.25, -0.2) is 0 Å². The van der Waals surface area contributed by atoms with Gasteiger partial charge < -0.3 is 16.2 Å². The SMILES string of the molecule is Cc1cccc(C)c1OCCN=C(N)N.I. The molecule has 0 aliphatic rings. The standard InChI is InChI=1S/C11H17N3O.HI/c1-8-4-3-5-9(2)10(8)15-7-6-14-11(12)13;/h3-5H,6-7H2,1-2H3,(H4,12,13,14);1H. The van der Waals surface area contributed by atoms with Gasteiger partial charge in [-0.15, -0.1) is 24.0 Å². The number of halogens is 1. The van der Waals surface area contributed by atoms with Crippen LogP contribution in [0.5, 0.6) is 5.75 Å². The van der Waals surface area contributed by atoms with Crippen LogP contribution in [0.3, 0.4) is 0 Å². The molecule has 4 N–H and O–H groups in total. The number of benzene rings is 1. The van der Waals surface area contributed by atoms with Gasteiger partial charge in [0.1, 0.15) is 12.4 Å². The molecule has 0 heterocycles. The topological polar surface area (TPSA) is 73.6 Å². The first-order valence-electron chi connectivity index (χ1n) is 4.85. The number of nitrogens with two attached hydrogens (primary N) is 2. The van der Waals surface area contributed by atoms with Gasteiger partial charge in [-0.3, -0.25) is 4.99 Å². The van der Waals surface area contributed by atoms with Crippen LogP contribution in [0.1, 0.15) is 11.1 Å². The molecule has 0 saturated heterocycles. The van der Waals surface area contributed by atoms with Gasteiger partial charge in [-0.2, -0.15) is 0 Å². The Morgan fingerprint density at radius 2 is 1.81 bits per heavy atom. The van der Waals surface area contributed by atoms with Crippen LogP contribution in [-0.4, -0.2) is 19.1 Å². The van der Waals surface area contributed by atoms with Crippen molar-refractivity contribution >= 4 is 29.9 Å². The molecule has 0 aromatic heterocycles. The van der Waals surface area contributed by atoms with Crippen LogP contribution in [0, 0.1) is 13.8 Å². The molecular formula is C11H18IN3O. The van der Waals surface area contributed by atoms with Crippen molar-refractivity contribution in [2.75, 3.05) is 13.2 Å². The third-order valence-corrected chi connectivity index (χ3v) is 2.04. The molecule has 90 valence electrons. The molecule has 5 heteroatoms. The summed E-state index contributed by atoms with van der Waals surface area (Å²) in [6, 6.07) is 6.04. The fourth-order valence-corrected chi connectivity index (χ4v) is 1.35. The lowest BCUT2D eigenvalue weighted by Crippen LogP contribution is -2.23. The van der Waals surface area contributed by atoms with Crippen LogP contribution in [0.15, 0.2) is 23.2 Å². The average Bonchev–Trinajstić information content (AvgIpc) is 2.15. The zero-order valence-corrected chi connectivity index (χ0v) is 11.9. The molecule has 0 saturated carbocycles. The highest BCUT2D eigenvalue weighted by atomic mass is 127.